The molecule has 0 saturated carbocycles. The zero-order chi connectivity index (χ0) is 14.8. The lowest BCUT2D eigenvalue weighted by Gasteiger charge is -2.08. The third-order valence-corrected chi connectivity index (χ3v) is 3.64. The van der Waals surface area contributed by atoms with Crippen LogP contribution in [-0.4, -0.2) is 9.97 Å². The number of rotatable bonds is 3. The third-order valence-electron chi connectivity index (χ3n) is 3.64. The van der Waals surface area contributed by atoms with Crippen LogP contribution in [0.5, 0.6) is 0 Å². The van der Waals surface area contributed by atoms with Gasteiger partial charge in [-0.05, 0) is 36.4 Å². The molecule has 0 spiro atoms. The molecule has 22 heavy (non-hydrogen) atoms. The molecule has 2 aromatic heterocycles. The topological polar surface area (TPSA) is 40.7 Å². The number of H-pyrrole nitrogens is 1. The van der Waals surface area contributed by atoms with E-state index in [-0.39, 0.29) is 0 Å². The van der Waals surface area contributed by atoms with Crippen molar-refractivity contribution in [2.75, 3.05) is 5.32 Å². The summed E-state index contributed by atoms with van der Waals surface area (Å²) in [5.41, 5.74) is 4.25. The number of fused-ring (bicyclic) bond motifs is 1. The molecule has 0 bridgehead atoms. The number of nitrogens with one attached hydrogen (secondary N) is 2. The number of aromatic amines is 1. The quantitative estimate of drug-likeness (QED) is 0.557. The van der Waals surface area contributed by atoms with Gasteiger partial charge in [0.2, 0.25) is 0 Å². The summed E-state index contributed by atoms with van der Waals surface area (Å²) in [6.45, 7) is 0. The molecular formula is C19H15N3. The van der Waals surface area contributed by atoms with Crippen LogP contribution < -0.4 is 5.32 Å². The van der Waals surface area contributed by atoms with E-state index in [0.29, 0.717) is 0 Å². The maximum Gasteiger partial charge on any atom is 0.131 e. The molecule has 0 saturated heterocycles. The molecule has 0 radical (unpaired) electrons. The van der Waals surface area contributed by atoms with Crippen LogP contribution in [0.4, 0.5) is 11.5 Å². The number of benzene rings is 2. The predicted molar refractivity (Wildman–Crippen MR) is 91.3 cm³/mol. The Kier molecular flexibility index (Phi) is 3.09. The van der Waals surface area contributed by atoms with E-state index in [1.807, 2.05) is 42.6 Å². The van der Waals surface area contributed by atoms with Crippen molar-refractivity contribution < 1.29 is 0 Å². The van der Waals surface area contributed by atoms with Gasteiger partial charge in [-0.25, -0.2) is 4.98 Å². The second kappa shape index (κ2) is 5.37. The molecule has 2 heterocycles. The number of anilines is 2. The van der Waals surface area contributed by atoms with Crippen molar-refractivity contribution in [3.05, 3.63) is 79.0 Å². The summed E-state index contributed by atoms with van der Waals surface area (Å²) in [6, 6.07) is 24.5. The van der Waals surface area contributed by atoms with Gasteiger partial charge in [0.05, 0.1) is 5.69 Å². The second-order valence-corrected chi connectivity index (χ2v) is 5.18. The number of nitrogens with zero attached hydrogens (tertiary/aromatic N) is 1. The molecular weight excluding hydrogens is 270 g/mol. The molecule has 4 rings (SSSR count). The van der Waals surface area contributed by atoms with Crippen LogP contribution in [0, 0.1) is 0 Å². The predicted octanol–water partition coefficient (Wildman–Crippen LogP) is 4.97. The highest BCUT2D eigenvalue weighted by atomic mass is 15.0. The summed E-state index contributed by atoms with van der Waals surface area (Å²) in [7, 11) is 0. The first-order valence-electron chi connectivity index (χ1n) is 7.25. The van der Waals surface area contributed by atoms with Gasteiger partial charge in [-0.3, -0.25) is 0 Å². The summed E-state index contributed by atoms with van der Waals surface area (Å²) in [5.74, 6) is 0.844. The van der Waals surface area contributed by atoms with Gasteiger partial charge in [-0.15, -0.1) is 0 Å². The molecule has 0 unspecified atom stereocenters. The second-order valence-electron chi connectivity index (χ2n) is 5.18. The van der Waals surface area contributed by atoms with Gasteiger partial charge in [-0.1, -0.05) is 36.4 Å². The minimum Gasteiger partial charge on any atom is -0.361 e. The fraction of sp³-hybridized carbons (Fsp3) is 0. The van der Waals surface area contributed by atoms with Crippen molar-refractivity contribution in [2.45, 2.75) is 0 Å². The van der Waals surface area contributed by atoms with Crippen molar-refractivity contribution >= 4 is 22.4 Å². The SMILES string of the molecule is c1ccc(-c2cccc(Nc3ccc4[nH]ccc4c3)n2)cc1. The van der Waals surface area contributed by atoms with Gasteiger partial charge >= 0.3 is 0 Å². The molecule has 0 aliphatic heterocycles. The minimum absolute atomic E-state index is 0.844. The fourth-order valence-corrected chi connectivity index (χ4v) is 2.55. The summed E-state index contributed by atoms with van der Waals surface area (Å²) in [5, 5.41) is 4.56. The summed E-state index contributed by atoms with van der Waals surface area (Å²) in [6.07, 6.45) is 1.95. The molecule has 0 aliphatic carbocycles. The Morgan fingerprint density at radius 3 is 2.64 bits per heavy atom. The van der Waals surface area contributed by atoms with E-state index in [9.17, 15) is 0 Å². The molecule has 2 N–H and O–H groups in total. The van der Waals surface area contributed by atoms with Crippen LogP contribution in [0.25, 0.3) is 22.2 Å². The lowest BCUT2D eigenvalue weighted by atomic mass is 10.1. The Morgan fingerprint density at radius 1 is 0.818 bits per heavy atom. The highest BCUT2D eigenvalue weighted by Gasteiger charge is 2.02. The molecule has 0 fully saturated rings. The normalized spacial score (nSPS) is 10.7. The van der Waals surface area contributed by atoms with Gasteiger partial charge in [0.15, 0.2) is 0 Å². The van der Waals surface area contributed by atoms with Gasteiger partial charge in [0.1, 0.15) is 5.82 Å². The Bertz CT molecular complexity index is 910. The fourth-order valence-electron chi connectivity index (χ4n) is 2.55. The molecule has 0 aliphatic rings. The largest absolute Gasteiger partial charge is 0.361 e. The standard InChI is InChI=1S/C19H15N3/c1-2-5-14(6-3-1)18-7-4-8-19(22-18)21-16-9-10-17-15(13-16)11-12-20-17/h1-13,20H,(H,21,22). The molecule has 2 aromatic carbocycles. The van der Waals surface area contributed by atoms with Crippen molar-refractivity contribution in [2.24, 2.45) is 0 Å². The molecule has 3 heteroatoms. The average Bonchev–Trinajstić information content (AvgIpc) is 3.04. The average molecular weight is 285 g/mol. The van der Waals surface area contributed by atoms with Crippen LogP contribution in [0.1, 0.15) is 0 Å². The Labute approximate surface area is 128 Å². The minimum atomic E-state index is 0.844. The third kappa shape index (κ3) is 2.44. The van der Waals surface area contributed by atoms with Gasteiger partial charge < -0.3 is 10.3 Å². The Balaban J connectivity index is 1.65. The molecule has 4 aromatic rings. The lowest BCUT2D eigenvalue weighted by molar-refractivity contribution is 1.31. The number of hydrogen-bond donors (Lipinski definition) is 2. The van der Waals surface area contributed by atoms with Crippen molar-refractivity contribution in [3.8, 4) is 11.3 Å². The number of aromatic nitrogens is 2. The lowest BCUT2D eigenvalue weighted by Crippen LogP contribution is -1.94. The summed E-state index contributed by atoms with van der Waals surface area (Å²) < 4.78 is 0. The van der Waals surface area contributed by atoms with Crippen molar-refractivity contribution in [3.63, 3.8) is 0 Å². The molecule has 3 nitrogen and oxygen atoms in total. The van der Waals surface area contributed by atoms with Crippen molar-refractivity contribution in [1.29, 1.82) is 0 Å². The highest BCUT2D eigenvalue weighted by molar-refractivity contribution is 5.83. The van der Waals surface area contributed by atoms with E-state index in [1.54, 1.807) is 0 Å². The van der Waals surface area contributed by atoms with Crippen LogP contribution >= 0.6 is 0 Å². The van der Waals surface area contributed by atoms with E-state index >= 15 is 0 Å². The van der Waals surface area contributed by atoms with Crippen molar-refractivity contribution in [1.82, 2.24) is 9.97 Å². The van der Waals surface area contributed by atoms with Crippen LogP contribution in [-0.2, 0) is 0 Å². The van der Waals surface area contributed by atoms with E-state index in [4.69, 9.17) is 0 Å². The maximum atomic E-state index is 4.69. The summed E-state index contributed by atoms with van der Waals surface area (Å²) in [4.78, 5) is 7.88. The first kappa shape index (κ1) is 12.7. The monoisotopic (exact) mass is 285 g/mol. The first-order chi connectivity index (χ1) is 10.9. The van der Waals surface area contributed by atoms with Gasteiger partial charge in [0.25, 0.3) is 0 Å². The van der Waals surface area contributed by atoms with Crippen LogP contribution in [0.15, 0.2) is 79.0 Å². The van der Waals surface area contributed by atoms with E-state index < -0.39 is 0 Å². The van der Waals surface area contributed by atoms with E-state index in [0.717, 1.165) is 28.3 Å². The highest BCUT2D eigenvalue weighted by Crippen LogP contribution is 2.23. The zero-order valence-corrected chi connectivity index (χ0v) is 12.0. The van der Waals surface area contributed by atoms with Crippen LogP contribution in [0.2, 0.25) is 0 Å². The van der Waals surface area contributed by atoms with Gasteiger partial charge in [0, 0.05) is 28.4 Å². The van der Waals surface area contributed by atoms with E-state index in [2.05, 4.69) is 51.7 Å². The number of hydrogen-bond acceptors (Lipinski definition) is 2. The smallest absolute Gasteiger partial charge is 0.131 e. The number of pyridine rings is 1. The molecule has 0 atom stereocenters. The van der Waals surface area contributed by atoms with Gasteiger partial charge in [-0.2, -0.15) is 0 Å². The maximum absolute atomic E-state index is 4.69. The Hall–Kier alpha value is -3.07. The zero-order valence-electron chi connectivity index (χ0n) is 12.0. The van der Waals surface area contributed by atoms with E-state index in [1.165, 1.54) is 5.39 Å². The first-order valence-corrected chi connectivity index (χ1v) is 7.25. The van der Waals surface area contributed by atoms with Crippen LogP contribution in [0.3, 0.4) is 0 Å². The molecule has 106 valence electrons. The molecule has 0 amide bonds. The summed E-state index contributed by atoms with van der Waals surface area (Å²) >= 11 is 0. The Morgan fingerprint density at radius 2 is 1.73 bits per heavy atom.